The lowest BCUT2D eigenvalue weighted by atomic mass is 10.2. The summed E-state index contributed by atoms with van der Waals surface area (Å²) in [6.07, 6.45) is 2.31. The van der Waals surface area contributed by atoms with Crippen molar-refractivity contribution in [3.63, 3.8) is 0 Å². The molecule has 0 spiro atoms. The largest absolute Gasteiger partial charge is 0.0987 e. The smallest absolute Gasteiger partial charge is 0.0682 e. The van der Waals surface area contributed by atoms with Crippen molar-refractivity contribution in [3.05, 3.63) is 11.8 Å². The molecule has 0 rings (SSSR count). The van der Waals surface area contributed by atoms with E-state index in [0.29, 0.717) is 0 Å². The van der Waals surface area contributed by atoms with Gasteiger partial charge in [-0.2, -0.15) is 0 Å². The summed E-state index contributed by atoms with van der Waals surface area (Å²) in [5.41, 5.74) is 2.40. The maximum Gasteiger partial charge on any atom is 0.0682 e. The lowest BCUT2D eigenvalue weighted by Crippen LogP contribution is -2.15. The van der Waals surface area contributed by atoms with Gasteiger partial charge in [-0.1, -0.05) is 45.3 Å². The highest BCUT2D eigenvalue weighted by atomic mass is 28.3. The predicted molar refractivity (Wildman–Crippen MR) is 47.3 cm³/mol. The summed E-state index contributed by atoms with van der Waals surface area (Å²) in [5.74, 6) is 0.719. The summed E-state index contributed by atoms with van der Waals surface area (Å²) in [6, 6.07) is 0. The Morgan fingerprint density at radius 3 is 1.67 bits per heavy atom. The zero-order chi connectivity index (χ0) is 7.49. The number of allylic oxidation sites excluding steroid dienone is 1. The van der Waals surface area contributed by atoms with Crippen LogP contribution in [0.4, 0.5) is 0 Å². The molecule has 0 nitrogen and oxygen atoms in total. The first-order valence-corrected chi connectivity index (χ1v) is 7.19. The van der Waals surface area contributed by atoms with Gasteiger partial charge in [0.2, 0.25) is 0 Å². The number of hydrogen-bond acceptors (Lipinski definition) is 0. The van der Waals surface area contributed by atoms with E-state index in [0.717, 1.165) is 5.92 Å². The van der Waals surface area contributed by atoms with Gasteiger partial charge in [-0.05, 0) is 5.92 Å². The highest BCUT2D eigenvalue weighted by Crippen LogP contribution is 2.04. The average Bonchev–Trinajstić information content (AvgIpc) is 1.59. The van der Waals surface area contributed by atoms with Gasteiger partial charge in [0, 0.05) is 0 Å². The number of hydrogen-bond donors (Lipinski definition) is 0. The van der Waals surface area contributed by atoms with Gasteiger partial charge in [-0.3, -0.25) is 0 Å². The summed E-state index contributed by atoms with van der Waals surface area (Å²) in [7, 11) is -0.901. The normalized spacial score (nSPS) is 13.6. The van der Waals surface area contributed by atoms with E-state index in [4.69, 9.17) is 0 Å². The molecule has 0 radical (unpaired) electrons. The van der Waals surface area contributed by atoms with E-state index >= 15 is 0 Å². The quantitative estimate of drug-likeness (QED) is 0.520. The molecule has 0 aromatic rings. The molecular formula is C8H18Si. The topological polar surface area (TPSA) is 0 Å². The van der Waals surface area contributed by atoms with Crippen LogP contribution in [-0.4, -0.2) is 8.07 Å². The molecule has 0 unspecified atom stereocenters. The SMILES string of the molecule is CC(C)C=C[Si](C)(C)C. The van der Waals surface area contributed by atoms with E-state index in [1.54, 1.807) is 0 Å². The molecule has 54 valence electrons. The average molecular weight is 142 g/mol. The van der Waals surface area contributed by atoms with E-state index in [1.807, 2.05) is 0 Å². The monoisotopic (exact) mass is 142 g/mol. The Morgan fingerprint density at radius 2 is 1.56 bits per heavy atom. The Kier molecular flexibility index (Phi) is 3.19. The molecule has 0 atom stereocenters. The highest BCUT2D eigenvalue weighted by Gasteiger charge is 2.06. The second-order valence-electron chi connectivity index (χ2n) is 3.97. The Morgan fingerprint density at radius 1 is 1.11 bits per heavy atom. The van der Waals surface area contributed by atoms with Crippen LogP contribution in [0.15, 0.2) is 11.8 Å². The Labute approximate surface area is 60.0 Å². The van der Waals surface area contributed by atoms with Crippen molar-refractivity contribution < 1.29 is 0 Å². The minimum Gasteiger partial charge on any atom is -0.0987 e. The second kappa shape index (κ2) is 3.21. The van der Waals surface area contributed by atoms with E-state index in [1.165, 1.54) is 0 Å². The van der Waals surface area contributed by atoms with Crippen molar-refractivity contribution in [1.29, 1.82) is 0 Å². The van der Waals surface area contributed by atoms with Crippen molar-refractivity contribution in [2.24, 2.45) is 5.92 Å². The van der Waals surface area contributed by atoms with Gasteiger partial charge < -0.3 is 0 Å². The Hall–Kier alpha value is -0.0431. The fourth-order valence-electron chi connectivity index (χ4n) is 0.481. The molecule has 0 N–H and O–H groups in total. The van der Waals surface area contributed by atoms with E-state index < -0.39 is 8.07 Å². The molecule has 0 amide bonds. The maximum absolute atomic E-state index is 2.40. The van der Waals surface area contributed by atoms with E-state index in [-0.39, 0.29) is 0 Å². The molecule has 0 saturated carbocycles. The molecule has 0 aromatic carbocycles. The van der Waals surface area contributed by atoms with Crippen LogP contribution in [0.1, 0.15) is 13.8 Å². The van der Waals surface area contributed by atoms with Gasteiger partial charge in [-0.15, -0.1) is 0 Å². The first kappa shape index (κ1) is 8.96. The van der Waals surface area contributed by atoms with Crippen molar-refractivity contribution in [2.45, 2.75) is 33.5 Å². The van der Waals surface area contributed by atoms with Crippen LogP contribution < -0.4 is 0 Å². The molecule has 1 heteroatoms. The van der Waals surface area contributed by atoms with Crippen molar-refractivity contribution >= 4 is 8.07 Å². The minimum absolute atomic E-state index is 0.719. The molecule has 0 bridgehead atoms. The summed E-state index contributed by atoms with van der Waals surface area (Å²) in [6.45, 7) is 11.5. The van der Waals surface area contributed by atoms with Crippen LogP contribution in [0.5, 0.6) is 0 Å². The van der Waals surface area contributed by atoms with Crippen LogP contribution in [0, 0.1) is 5.92 Å². The van der Waals surface area contributed by atoms with Crippen LogP contribution in [0.3, 0.4) is 0 Å². The lowest BCUT2D eigenvalue weighted by Gasteiger charge is -2.08. The van der Waals surface area contributed by atoms with Gasteiger partial charge in [0.05, 0.1) is 8.07 Å². The van der Waals surface area contributed by atoms with Gasteiger partial charge in [-0.25, -0.2) is 0 Å². The number of rotatable bonds is 2. The molecule has 0 fully saturated rings. The molecule has 0 aliphatic rings. The first-order chi connectivity index (χ1) is 3.92. The predicted octanol–water partition coefficient (Wildman–Crippen LogP) is 3.08. The summed E-state index contributed by atoms with van der Waals surface area (Å²) in [5, 5.41) is 0. The minimum atomic E-state index is -0.901. The van der Waals surface area contributed by atoms with Crippen LogP contribution in [0.25, 0.3) is 0 Å². The third kappa shape index (κ3) is 7.96. The molecule has 0 aliphatic heterocycles. The van der Waals surface area contributed by atoms with E-state index in [9.17, 15) is 0 Å². The Balaban J connectivity index is 3.71. The molecule has 0 saturated heterocycles. The second-order valence-corrected chi connectivity index (χ2v) is 9.03. The highest BCUT2D eigenvalue weighted by molar-refractivity contribution is 6.80. The zero-order valence-corrected chi connectivity index (χ0v) is 8.23. The maximum atomic E-state index is 2.40. The standard InChI is InChI=1S/C8H18Si/c1-8(2)6-7-9(3,4)5/h6-8H,1-5H3. The molecule has 0 aromatic heterocycles. The van der Waals surface area contributed by atoms with Gasteiger partial charge in [0.15, 0.2) is 0 Å². The fraction of sp³-hybridized carbons (Fsp3) is 0.750. The molecule has 0 aliphatic carbocycles. The van der Waals surface area contributed by atoms with Crippen LogP contribution in [0.2, 0.25) is 19.6 Å². The van der Waals surface area contributed by atoms with Gasteiger partial charge in [0.1, 0.15) is 0 Å². The molecule has 9 heavy (non-hydrogen) atoms. The van der Waals surface area contributed by atoms with Gasteiger partial charge >= 0.3 is 0 Å². The van der Waals surface area contributed by atoms with E-state index in [2.05, 4.69) is 45.3 Å². The summed E-state index contributed by atoms with van der Waals surface area (Å²) in [4.78, 5) is 0. The van der Waals surface area contributed by atoms with Gasteiger partial charge in [0.25, 0.3) is 0 Å². The van der Waals surface area contributed by atoms with Crippen molar-refractivity contribution in [3.8, 4) is 0 Å². The fourth-order valence-corrected chi connectivity index (χ4v) is 1.44. The van der Waals surface area contributed by atoms with Crippen molar-refractivity contribution in [1.82, 2.24) is 0 Å². The molecular weight excluding hydrogens is 124 g/mol. The summed E-state index contributed by atoms with van der Waals surface area (Å²) < 4.78 is 0. The first-order valence-electron chi connectivity index (χ1n) is 3.61. The zero-order valence-electron chi connectivity index (χ0n) is 7.23. The van der Waals surface area contributed by atoms with Crippen molar-refractivity contribution in [2.75, 3.05) is 0 Å². The Bertz CT molecular complexity index is 95.6. The third-order valence-corrected chi connectivity index (χ3v) is 2.17. The van der Waals surface area contributed by atoms with Crippen LogP contribution >= 0.6 is 0 Å². The lowest BCUT2D eigenvalue weighted by molar-refractivity contribution is 0.833. The molecule has 0 heterocycles. The third-order valence-electron chi connectivity index (χ3n) is 0.981. The summed E-state index contributed by atoms with van der Waals surface area (Å²) >= 11 is 0. The van der Waals surface area contributed by atoms with Crippen LogP contribution in [-0.2, 0) is 0 Å².